The van der Waals surface area contributed by atoms with Crippen LogP contribution in [0.5, 0.6) is 0 Å². The van der Waals surface area contributed by atoms with Crippen LogP contribution in [-0.2, 0) is 0 Å². The van der Waals surface area contributed by atoms with E-state index in [1.807, 2.05) is 0 Å². The van der Waals surface area contributed by atoms with Crippen molar-refractivity contribution in [3.63, 3.8) is 0 Å². The predicted octanol–water partition coefficient (Wildman–Crippen LogP) is 1.21. The van der Waals surface area contributed by atoms with Crippen LogP contribution in [0.15, 0.2) is 30.3 Å². The Labute approximate surface area is 77.3 Å². The Morgan fingerprint density at radius 1 is 1.20 bits per heavy atom. The fourth-order valence-corrected chi connectivity index (χ4v) is 0.550. The Bertz CT molecular complexity index is 212. The van der Waals surface area contributed by atoms with Crippen LogP contribution in [0, 0.1) is 10.1 Å². The molecule has 0 aliphatic carbocycles. The number of nitro benzene ring substituents is 1. The van der Waals surface area contributed by atoms with E-state index in [-0.39, 0.29) is 31.9 Å². The number of benzene rings is 1. The third kappa shape index (κ3) is 2.40. The molecule has 1 aromatic carbocycles. The predicted molar refractivity (Wildman–Crippen MR) is 38.9 cm³/mol. The molecule has 51 valence electrons. The van der Waals surface area contributed by atoms with E-state index in [4.69, 9.17) is 0 Å². The first-order chi connectivity index (χ1) is 4.30. The van der Waals surface area contributed by atoms with Gasteiger partial charge in [-0.1, -0.05) is 18.2 Å². The van der Waals surface area contributed by atoms with Gasteiger partial charge in [-0.25, -0.2) is 0 Å². The zero-order valence-corrected chi connectivity index (χ0v) is 8.57. The summed E-state index contributed by atoms with van der Waals surface area (Å²) in [5, 5.41) is 10.0. The van der Waals surface area contributed by atoms with Crippen molar-refractivity contribution in [1.29, 1.82) is 0 Å². The first-order valence-corrected chi connectivity index (χ1v) is 2.50. The average Bonchev–Trinajstić information content (AvgIpc) is 1.90. The van der Waals surface area contributed by atoms with Crippen LogP contribution in [0.25, 0.3) is 0 Å². The van der Waals surface area contributed by atoms with Gasteiger partial charge in [-0.05, 0) is 0 Å². The van der Waals surface area contributed by atoms with Crippen LogP contribution in [0.1, 0.15) is 0 Å². The second-order valence-electron chi connectivity index (χ2n) is 1.59. The third-order valence-electron chi connectivity index (χ3n) is 0.967. The molecule has 0 amide bonds. The van der Waals surface area contributed by atoms with Gasteiger partial charge in [0, 0.05) is 38.3 Å². The molecule has 0 spiro atoms. The summed E-state index contributed by atoms with van der Waals surface area (Å²) in [6.45, 7) is 0. The van der Waals surface area contributed by atoms with Gasteiger partial charge in [0.1, 0.15) is 0 Å². The standard InChI is InChI=1S/C6H5NO2.Bi/c8-7(9)6-4-2-1-3-5-6;/h1-5H;. The molecule has 0 saturated heterocycles. The molecule has 0 fully saturated rings. The van der Waals surface area contributed by atoms with Gasteiger partial charge >= 0.3 is 0 Å². The molecule has 0 unspecified atom stereocenters. The van der Waals surface area contributed by atoms with E-state index in [0.717, 1.165) is 0 Å². The zero-order chi connectivity index (χ0) is 6.69. The van der Waals surface area contributed by atoms with Gasteiger partial charge in [0.05, 0.1) is 4.92 Å². The summed E-state index contributed by atoms with van der Waals surface area (Å²) in [6, 6.07) is 7.93. The van der Waals surface area contributed by atoms with Crippen molar-refractivity contribution in [2.24, 2.45) is 0 Å². The minimum Gasteiger partial charge on any atom is -0.258 e. The maximum absolute atomic E-state index is 10.0. The van der Waals surface area contributed by atoms with Gasteiger partial charge in [-0.3, -0.25) is 10.1 Å². The molecule has 10 heavy (non-hydrogen) atoms. The molecule has 3 radical (unpaired) electrons. The minimum atomic E-state index is -0.417. The van der Waals surface area contributed by atoms with Crippen LogP contribution >= 0.6 is 0 Å². The first kappa shape index (κ1) is 9.50. The van der Waals surface area contributed by atoms with Crippen LogP contribution < -0.4 is 0 Å². The summed E-state index contributed by atoms with van der Waals surface area (Å²) in [5.41, 5.74) is 0.137. The summed E-state index contributed by atoms with van der Waals surface area (Å²) in [4.78, 5) is 9.59. The first-order valence-electron chi connectivity index (χ1n) is 2.50. The molecule has 0 saturated carbocycles. The summed E-state index contributed by atoms with van der Waals surface area (Å²) in [6.07, 6.45) is 0. The second kappa shape index (κ2) is 4.34. The molecule has 0 heterocycles. The number of nitro groups is 1. The van der Waals surface area contributed by atoms with Gasteiger partial charge < -0.3 is 0 Å². The molecule has 0 bridgehead atoms. The maximum Gasteiger partial charge on any atom is 0.269 e. The van der Waals surface area contributed by atoms with Gasteiger partial charge in [-0.15, -0.1) is 0 Å². The van der Waals surface area contributed by atoms with Crippen molar-refractivity contribution in [2.45, 2.75) is 0 Å². The SMILES string of the molecule is O=[N+]([O-])c1ccccc1.[Bi]. The van der Waals surface area contributed by atoms with Crippen LogP contribution in [0.4, 0.5) is 5.69 Å². The van der Waals surface area contributed by atoms with E-state index in [2.05, 4.69) is 0 Å². The fourth-order valence-electron chi connectivity index (χ4n) is 0.550. The molecule has 0 N–H and O–H groups in total. The summed E-state index contributed by atoms with van der Waals surface area (Å²) in [7, 11) is 0. The maximum atomic E-state index is 10.0. The molecule has 3 nitrogen and oxygen atoms in total. The van der Waals surface area contributed by atoms with E-state index in [1.54, 1.807) is 18.2 Å². The summed E-state index contributed by atoms with van der Waals surface area (Å²) < 4.78 is 0. The third-order valence-corrected chi connectivity index (χ3v) is 0.967. The van der Waals surface area contributed by atoms with Crippen LogP contribution in [0.2, 0.25) is 0 Å². The Hall–Kier alpha value is -0.497. The molecule has 0 aliphatic heterocycles. The van der Waals surface area contributed by atoms with Gasteiger partial charge in [0.15, 0.2) is 0 Å². The van der Waals surface area contributed by atoms with E-state index < -0.39 is 4.92 Å². The quantitative estimate of drug-likeness (QED) is 0.441. The number of non-ortho nitro benzene ring substituents is 1. The zero-order valence-electron chi connectivity index (χ0n) is 5.10. The number of rotatable bonds is 1. The largest absolute Gasteiger partial charge is 0.269 e. The van der Waals surface area contributed by atoms with Crippen molar-refractivity contribution in [1.82, 2.24) is 0 Å². The van der Waals surface area contributed by atoms with E-state index in [9.17, 15) is 10.1 Å². The second-order valence-corrected chi connectivity index (χ2v) is 1.59. The van der Waals surface area contributed by atoms with Gasteiger partial charge in [0.25, 0.3) is 5.69 Å². The van der Waals surface area contributed by atoms with Crippen molar-refractivity contribution in [3.8, 4) is 0 Å². The molecular weight excluding hydrogens is 327 g/mol. The molecule has 1 rings (SSSR count). The number of hydrogen-bond donors (Lipinski definition) is 0. The smallest absolute Gasteiger partial charge is 0.258 e. The van der Waals surface area contributed by atoms with Gasteiger partial charge in [0.2, 0.25) is 0 Å². The molecular formula is C6H5BiNO2. The van der Waals surface area contributed by atoms with Gasteiger partial charge in [-0.2, -0.15) is 0 Å². The average molecular weight is 332 g/mol. The monoisotopic (exact) mass is 332 g/mol. The van der Waals surface area contributed by atoms with Crippen molar-refractivity contribution >= 4 is 31.9 Å². The Balaban J connectivity index is 0.000000810. The van der Waals surface area contributed by atoms with Crippen molar-refractivity contribution in [3.05, 3.63) is 40.4 Å². The Kier molecular flexibility index (Phi) is 4.12. The molecule has 1 aromatic rings. The molecule has 4 heteroatoms. The van der Waals surface area contributed by atoms with Crippen LogP contribution in [0.3, 0.4) is 0 Å². The van der Waals surface area contributed by atoms with Crippen molar-refractivity contribution < 1.29 is 4.92 Å². The Morgan fingerprint density at radius 3 is 2.00 bits per heavy atom. The van der Waals surface area contributed by atoms with Crippen molar-refractivity contribution in [2.75, 3.05) is 0 Å². The summed E-state index contributed by atoms with van der Waals surface area (Å²) >= 11 is 0. The fraction of sp³-hybridized carbons (Fsp3) is 0. The molecule has 0 atom stereocenters. The van der Waals surface area contributed by atoms with E-state index in [1.165, 1.54) is 12.1 Å². The normalized spacial score (nSPS) is 8.00. The van der Waals surface area contributed by atoms with E-state index in [0.29, 0.717) is 0 Å². The number of para-hydroxylation sites is 1. The minimum absolute atomic E-state index is 0. The molecule has 0 aliphatic rings. The van der Waals surface area contributed by atoms with Crippen LogP contribution in [-0.4, -0.2) is 31.1 Å². The Morgan fingerprint density at radius 2 is 1.70 bits per heavy atom. The number of nitrogens with zero attached hydrogens (tertiary/aromatic N) is 1. The number of hydrogen-bond acceptors (Lipinski definition) is 2. The van der Waals surface area contributed by atoms with E-state index >= 15 is 0 Å². The topological polar surface area (TPSA) is 43.1 Å². The summed E-state index contributed by atoms with van der Waals surface area (Å²) in [5.74, 6) is 0. The molecule has 0 aromatic heterocycles.